The third kappa shape index (κ3) is 7.19. The predicted molar refractivity (Wildman–Crippen MR) is 108 cm³/mol. The van der Waals surface area contributed by atoms with E-state index in [1.54, 1.807) is 7.05 Å². The second-order valence-electron chi connectivity index (χ2n) is 5.57. The van der Waals surface area contributed by atoms with Gasteiger partial charge in [-0.15, -0.1) is 24.0 Å². The molecule has 0 fully saturated rings. The molecule has 8 heteroatoms. The van der Waals surface area contributed by atoms with E-state index in [-0.39, 0.29) is 24.0 Å². The standard InChI is InChI=1S/C18H21F3N4.HI/c1-13-4-3-5-16(25-13)12-24-17(22-2)23-11-10-14-6-8-15(9-7-14)18(19,20)21;/h3-9H,10-12H2,1-2H3,(H2,22,23,24);1H. The van der Waals surface area contributed by atoms with E-state index in [0.29, 0.717) is 25.5 Å². The number of aliphatic imine (C=N–C) groups is 1. The number of halogens is 4. The van der Waals surface area contributed by atoms with Crippen LogP contribution in [0.5, 0.6) is 0 Å². The summed E-state index contributed by atoms with van der Waals surface area (Å²) >= 11 is 0. The number of nitrogens with one attached hydrogen (secondary N) is 2. The predicted octanol–water partition coefficient (Wildman–Crippen LogP) is 3.93. The first kappa shape index (κ1) is 22.2. The number of benzene rings is 1. The Bertz CT molecular complexity index is 715. The van der Waals surface area contributed by atoms with Crippen molar-refractivity contribution in [3.8, 4) is 0 Å². The fourth-order valence-electron chi connectivity index (χ4n) is 2.28. The molecule has 0 radical (unpaired) electrons. The molecule has 0 atom stereocenters. The van der Waals surface area contributed by atoms with Crippen molar-refractivity contribution in [1.29, 1.82) is 0 Å². The van der Waals surface area contributed by atoms with Gasteiger partial charge in [0.2, 0.25) is 0 Å². The van der Waals surface area contributed by atoms with E-state index < -0.39 is 11.7 Å². The first-order chi connectivity index (χ1) is 11.9. The van der Waals surface area contributed by atoms with Crippen molar-refractivity contribution in [2.45, 2.75) is 26.1 Å². The summed E-state index contributed by atoms with van der Waals surface area (Å²) in [7, 11) is 1.66. The summed E-state index contributed by atoms with van der Waals surface area (Å²) in [6.07, 6.45) is -3.70. The van der Waals surface area contributed by atoms with Crippen LogP contribution in [0.15, 0.2) is 47.5 Å². The van der Waals surface area contributed by atoms with Crippen LogP contribution in [0, 0.1) is 6.92 Å². The number of nitrogens with zero attached hydrogens (tertiary/aromatic N) is 2. The van der Waals surface area contributed by atoms with Gasteiger partial charge in [-0.25, -0.2) is 0 Å². The maximum absolute atomic E-state index is 12.5. The molecule has 4 nitrogen and oxygen atoms in total. The summed E-state index contributed by atoms with van der Waals surface area (Å²) in [5.41, 5.74) is 2.05. The van der Waals surface area contributed by atoms with Crippen molar-refractivity contribution >= 4 is 29.9 Å². The van der Waals surface area contributed by atoms with Crippen LogP contribution in [-0.4, -0.2) is 24.5 Å². The van der Waals surface area contributed by atoms with Gasteiger partial charge in [0.25, 0.3) is 0 Å². The fraction of sp³-hybridized carbons (Fsp3) is 0.333. The first-order valence-electron chi connectivity index (χ1n) is 7.91. The lowest BCUT2D eigenvalue weighted by molar-refractivity contribution is -0.137. The second kappa shape index (κ2) is 10.3. The van der Waals surface area contributed by atoms with Gasteiger partial charge in [0.15, 0.2) is 5.96 Å². The van der Waals surface area contributed by atoms with Gasteiger partial charge in [0, 0.05) is 19.3 Å². The third-order valence-corrected chi connectivity index (χ3v) is 3.59. The van der Waals surface area contributed by atoms with Gasteiger partial charge in [-0.3, -0.25) is 9.98 Å². The largest absolute Gasteiger partial charge is 0.416 e. The minimum atomic E-state index is -4.30. The molecule has 2 aromatic rings. The molecule has 2 N–H and O–H groups in total. The average molecular weight is 478 g/mol. The van der Waals surface area contributed by atoms with Gasteiger partial charge in [0.05, 0.1) is 17.8 Å². The van der Waals surface area contributed by atoms with E-state index in [1.807, 2.05) is 25.1 Å². The van der Waals surface area contributed by atoms with Crippen LogP contribution in [0.2, 0.25) is 0 Å². The van der Waals surface area contributed by atoms with E-state index in [0.717, 1.165) is 29.1 Å². The molecule has 2 rings (SSSR count). The van der Waals surface area contributed by atoms with Gasteiger partial charge >= 0.3 is 6.18 Å². The summed E-state index contributed by atoms with van der Waals surface area (Å²) in [5.74, 6) is 0.621. The Morgan fingerprint density at radius 1 is 1.08 bits per heavy atom. The minimum Gasteiger partial charge on any atom is -0.356 e. The Kier molecular flexibility index (Phi) is 8.83. The van der Waals surface area contributed by atoms with Gasteiger partial charge in [-0.2, -0.15) is 13.2 Å². The third-order valence-electron chi connectivity index (χ3n) is 3.59. The lowest BCUT2D eigenvalue weighted by atomic mass is 10.1. The molecule has 0 unspecified atom stereocenters. The normalized spacial score (nSPS) is 11.7. The number of aryl methyl sites for hydroxylation is 1. The van der Waals surface area contributed by atoms with Gasteiger partial charge in [-0.1, -0.05) is 18.2 Å². The SMILES string of the molecule is CN=C(NCCc1ccc(C(F)(F)F)cc1)NCc1cccc(C)n1.I. The van der Waals surface area contributed by atoms with E-state index in [2.05, 4.69) is 20.6 Å². The van der Waals surface area contributed by atoms with Crippen molar-refractivity contribution in [2.75, 3.05) is 13.6 Å². The molecule has 142 valence electrons. The number of hydrogen-bond donors (Lipinski definition) is 2. The average Bonchev–Trinajstić information content (AvgIpc) is 2.57. The van der Waals surface area contributed by atoms with Crippen molar-refractivity contribution in [2.24, 2.45) is 4.99 Å². The molecule has 26 heavy (non-hydrogen) atoms. The highest BCUT2D eigenvalue weighted by Crippen LogP contribution is 2.29. The highest BCUT2D eigenvalue weighted by Gasteiger charge is 2.29. The van der Waals surface area contributed by atoms with E-state index >= 15 is 0 Å². The summed E-state index contributed by atoms with van der Waals surface area (Å²) in [4.78, 5) is 8.52. The molecule has 0 amide bonds. The zero-order chi connectivity index (χ0) is 18.3. The molecule has 0 saturated heterocycles. The number of aromatic nitrogens is 1. The quantitative estimate of drug-likeness (QED) is 0.389. The molecular formula is C18H22F3IN4. The molecule has 1 heterocycles. The fourth-order valence-corrected chi connectivity index (χ4v) is 2.28. The van der Waals surface area contributed by atoms with E-state index in [9.17, 15) is 13.2 Å². The molecular weight excluding hydrogens is 456 g/mol. The number of rotatable bonds is 5. The van der Waals surface area contributed by atoms with Crippen molar-refractivity contribution in [1.82, 2.24) is 15.6 Å². The Morgan fingerprint density at radius 3 is 2.35 bits per heavy atom. The van der Waals surface area contributed by atoms with E-state index in [4.69, 9.17) is 0 Å². The van der Waals surface area contributed by atoms with Crippen molar-refractivity contribution < 1.29 is 13.2 Å². The van der Waals surface area contributed by atoms with Crippen LogP contribution in [0.4, 0.5) is 13.2 Å². The maximum atomic E-state index is 12.5. The summed E-state index contributed by atoms with van der Waals surface area (Å²) in [5, 5.41) is 6.29. The highest BCUT2D eigenvalue weighted by atomic mass is 127. The topological polar surface area (TPSA) is 49.3 Å². The first-order valence-corrected chi connectivity index (χ1v) is 7.91. The van der Waals surface area contributed by atoms with Gasteiger partial charge in [-0.05, 0) is 43.2 Å². The van der Waals surface area contributed by atoms with Crippen LogP contribution < -0.4 is 10.6 Å². The second-order valence-corrected chi connectivity index (χ2v) is 5.57. The molecule has 0 aliphatic heterocycles. The summed E-state index contributed by atoms with van der Waals surface area (Å²) < 4.78 is 37.6. The van der Waals surface area contributed by atoms with Gasteiger partial charge in [0.1, 0.15) is 0 Å². The Hall–Kier alpha value is -1.84. The minimum absolute atomic E-state index is 0. The molecule has 0 bridgehead atoms. The van der Waals surface area contributed by atoms with Crippen LogP contribution in [0.25, 0.3) is 0 Å². The number of hydrogen-bond acceptors (Lipinski definition) is 2. The zero-order valence-corrected chi connectivity index (χ0v) is 16.9. The van der Waals surface area contributed by atoms with Crippen molar-refractivity contribution in [3.63, 3.8) is 0 Å². The van der Waals surface area contributed by atoms with Crippen LogP contribution in [-0.2, 0) is 19.1 Å². The lowest BCUT2D eigenvalue weighted by Crippen LogP contribution is -2.38. The monoisotopic (exact) mass is 478 g/mol. The number of pyridine rings is 1. The molecule has 0 spiro atoms. The van der Waals surface area contributed by atoms with E-state index in [1.165, 1.54) is 12.1 Å². The Labute approximate surface area is 168 Å². The van der Waals surface area contributed by atoms with Crippen LogP contribution >= 0.6 is 24.0 Å². The molecule has 1 aromatic carbocycles. The van der Waals surface area contributed by atoms with Crippen LogP contribution in [0.1, 0.15) is 22.5 Å². The molecule has 0 saturated carbocycles. The maximum Gasteiger partial charge on any atom is 0.416 e. The Morgan fingerprint density at radius 2 is 1.77 bits per heavy atom. The van der Waals surface area contributed by atoms with Gasteiger partial charge < -0.3 is 10.6 Å². The summed E-state index contributed by atoms with van der Waals surface area (Å²) in [6.45, 7) is 3.04. The highest BCUT2D eigenvalue weighted by molar-refractivity contribution is 14.0. The molecule has 1 aromatic heterocycles. The lowest BCUT2D eigenvalue weighted by Gasteiger charge is -2.12. The summed E-state index contributed by atoms with van der Waals surface area (Å²) in [6, 6.07) is 11.0. The number of alkyl halides is 3. The molecule has 0 aliphatic carbocycles. The van der Waals surface area contributed by atoms with Crippen LogP contribution in [0.3, 0.4) is 0 Å². The number of guanidine groups is 1. The zero-order valence-electron chi connectivity index (χ0n) is 14.6. The smallest absolute Gasteiger partial charge is 0.356 e. The molecule has 0 aliphatic rings. The van der Waals surface area contributed by atoms with Crippen molar-refractivity contribution in [3.05, 3.63) is 65.0 Å². The Balaban J connectivity index is 0.00000338.